The van der Waals surface area contributed by atoms with E-state index in [0.29, 0.717) is 25.7 Å². The molecular formula is C31H49F3O5S4. The van der Waals surface area contributed by atoms with Gasteiger partial charge >= 0.3 is 15.6 Å². The molecule has 0 amide bonds. The lowest BCUT2D eigenvalue weighted by atomic mass is 9.50. The summed E-state index contributed by atoms with van der Waals surface area (Å²) >= 11 is 0. The molecule has 12 heteroatoms. The monoisotopic (exact) mass is 686 g/mol. The van der Waals surface area contributed by atoms with Gasteiger partial charge in [-0.25, -0.2) is 0 Å². The lowest BCUT2D eigenvalue weighted by molar-refractivity contribution is -0.114. The molecule has 2 saturated carbocycles. The van der Waals surface area contributed by atoms with E-state index in [2.05, 4.69) is 17.7 Å². The van der Waals surface area contributed by atoms with Crippen molar-refractivity contribution in [3.8, 4) is 5.75 Å². The maximum absolute atomic E-state index is 12.8. The standard InChI is InChI=1S/C28H31F3O5S.3CH4.3H2S/c1-16(2)27(33)13-12-24-22-10-6-18-14-19(32)7-11-21(18)25(22)23(15-26(24,27)3)17-4-8-20(9-5-17)36-37(34,35)28(29,30)31;;;;;;/h4-5,8-9,14,22-24,33H,1,6-7,10-13,15H2,2-3H3;3*1H4;3*1H2/t22-,23+,24-,26-,27+;;;;;;/m0....../s1. The van der Waals surface area contributed by atoms with Gasteiger partial charge in [-0.05, 0) is 97.8 Å². The molecule has 0 aliphatic heterocycles. The van der Waals surface area contributed by atoms with Gasteiger partial charge in [0.25, 0.3) is 0 Å². The predicted octanol–water partition coefficient (Wildman–Crippen LogP) is 8.37. The average Bonchev–Trinajstić information content (AvgIpc) is 3.09. The highest BCUT2D eigenvalue weighted by Crippen LogP contribution is 2.67. The predicted molar refractivity (Wildman–Crippen MR) is 183 cm³/mol. The van der Waals surface area contributed by atoms with E-state index in [1.807, 2.05) is 6.92 Å². The van der Waals surface area contributed by atoms with Crippen LogP contribution in [0.1, 0.15) is 92.6 Å². The highest BCUT2D eigenvalue weighted by molar-refractivity contribution is 7.88. The fraction of sp³-hybridized carbons (Fsp3) is 0.581. The van der Waals surface area contributed by atoms with Gasteiger partial charge < -0.3 is 9.29 Å². The number of halogens is 3. The van der Waals surface area contributed by atoms with Crippen molar-refractivity contribution in [2.24, 2.45) is 17.3 Å². The molecule has 0 bridgehead atoms. The normalized spacial score (nSPS) is 29.1. The van der Waals surface area contributed by atoms with Crippen molar-refractivity contribution in [2.75, 3.05) is 0 Å². The summed E-state index contributed by atoms with van der Waals surface area (Å²) in [5.41, 5.74) is -1.93. The zero-order valence-corrected chi connectivity index (χ0v) is 26.2. The molecular weight excluding hydrogens is 638 g/mol. The first kappa shape index (κ1) is 43.8. The number of fused-ring (bicyclic) bond motifs is 4. The molecule has 4 aliphatic carbocycles. The summed E-state index contributed by atoms with van der Waals surface area (Å²) in [5, 5.41) is 11.8. The Labute approximate surface area is 276 Å². The second-order valence-electron chi connectivity index (χ2n) is 11.2. The SMILES string of the molecule is C.C.C.C=C(C)[C@]1(O)CC[C@H]2[C@@H]3CCC4=CC(=O)CCC4=C3[C@@H](c3ccc(OS(=O)(=O)C(F)(F)F)cc3)C[C@@]21C.S.S.S. The highest BCUT2D eigenvalue weighted by Gasteiger charge is 2.63. The van der Waals surface area contributed by atoms with Crippen LogP contribution >= 0.6 is 40.5 Å². The number of hydrogen-bond donors (Lipinski definition) is 1. The Morgan fingerprint density at radius 1 is 1.02 bits per heavy atom. The highest BCUT2D eigenvalue weighted by atomic mass is 32.2. The van der Waals surface area contributed by atoms with E-state index in [1.165, 1.54) is 23.3 Å². The van der Waals surface area contributed by atoms with Crippen molar-refractivity contribution >= 4 is 56.4 Å². The van der Waals surface area contributed by atoms with Crippen LogP contribution in [0.3, 0.4) is 0 Å². The summed E-state index contributed by atoms with van der Waals surface area (Å²) in [6, 6.07) is 5.72. The van der Waals surface area contributed by atoms with Crippen LogP contribution in [0.5, 0.6) is 5.75 Å². The molecule has 2 fully saturated rings. The van der Waals surface area contributed by atoms with Crippen molar-refractivity contribution in [3.05, 3.63) is 64.8 Å². The first-order valence-electron chi connectivity index (χ1n) is 12.6. The zero-order valence-electron chi connectivity index (χ0n) is 22.4. The summed E-state index contributed by atoms with van der Waals surface area (Å²) < 4.78 is 65.6. The van der Waals surface area contributed by atoms with Gasteiger partial charge in [-0.1, -0.05) is 53.5 Å². The molecule has 4 aliphatic rings. The molecule has 1 N–H and O–H groups in total. The van der Waals surface area contributed by atoms with Crippen molar-refractivity contribution in [2.45, 2.75) is 98.1 Å². The van der Waals surface area contributed by atoms with E-state index >= 15 is 0 Å². The summed E-state index contributed by atoms with van der Waals surface area (Å²) in [6.45, 7) is 8.09. The van der Waals surface area contributed by atoms with Crippen LogP contribution in [-0.2, 0) is 14.9 Å². The molecule has 5 rings (SSSR count). The minimum atomic E-state index is -5.77. The fourth-order valence-corrected chi connectivity index (χ4v) is 8.05. The largest absolute Gasteiger partial charge is 0.534 e. The van der Waals surface area contributed by atoms with Gasteiger partial charge in [0, 0.05) is 17.8 Å². The van der Waals surface area contributed by atoms with Crippen LogP contribution < -0.4 is 4.18 Å². The van der Waals surface area contributed by atoms with E-state index < -0.39 is 32.4 Å². The first-order chi connectivity index (χ1) is 17.2. The topological polar surface area (TPSA) is 80.7 Å². The minimum absolute atomic E-state index is 0. The Balaban J connectivity index is 0. The Kier molecular flexibility index (Phi) is 15.1. The van der Waals surface area contributed by atoms with Crippen LogP contribution in [0.25, 0.3) is 0 Å². The molecule has 0 saturated heterocycles. The van der Waals surface area contributed by atoms with E-state index in [1.54, 1.807) is 18.2 Å². The lowest BCUT2D eigenvalue weighted by Crippen LogP contribution is -2.52. The van der Waals surface area contributed by atoms with Crippen LogP contribution in [0, 0.1) is 17.3 Å². The van der Waals surface area contributed by atoms with Crippen LogP contribution in [0.2, 0.25) is 0 Å². The maximum Gasteiger partial charge on any atom is 0.534 e. The molecule has 0 aromatic heterocycles. The summed E-state index contributed by atoms with van der Waals surface area (Å²) in [7, 11) is -5.77. The van der Waals surface area contributed by atoms with E-state index in [4.69, 9.17) is 0 Å². The van der Waals surface area contributed by atoms with Crippen molar-refractivity contribution in [1.29, 1.82) is 0 Å². The summed E-state index contributed by atoms with van der Waals surface area (Å²) in [6.07, 6.45) is 6.64. The second-order valence-corrected chi connectivity index (χ2v) is 12.8. The first-order valence-corrected chi connectivity index (χ1v) is 14.0. The van der Waals surface area contributed by atoms with Crippen molar-refractivity contribution in [3.63, 3.8) is 0 Å². The van der Waals surface area contributed by atoms with Crippen LogP contribution in [0.15, 0.2) is 59.2 Å². The quantitative estimate of drug-likeness (QED) is 0.196. The molecule has 0 heterocycles. The number of ketones is 1. The molecule has 5 nitrogen and oxygen atoms in total. The van der Waals surface area contributed by atoms with Crippen molar-refractivity contribution < 1.29 is 35.7 Å². The van der Waals surface area contributed by atoms with Crippen molar-refractivity contribution in [1.82, 2.24) is 0 Å². The zero-order chi connectivity index (χ0) is 27.0. The maximum atomic E-state index is 12.8. The fourth-order valence-electron chi connectivity index (χ4n) is 7.59. The molecule has 5 atom stereocenters. The van der Waals surface area contributed by atoms with Crippen LogP contribution in [-0.4, -0.2) is 30.4 Å². The molecule has 0 unspecified atom stereocenters. The smallest absolute Gasteiger partial charge is 0.385 e. The van der Waals surface area contributed by atoms with Gasteiger partial charge in [0.1, 0.15) is 5.75 Å². The minimum Gasteiger partial charge on any atom is -0.385 e. The van der Waals surface area contributed by atoms with Gasteiger partial charge in [-0.2, -0.15) is 62.1 Å². The number of alkyl halides is 3. The molecule has 43 heavy (non-hydrogen) atoms. The number of rotatable bonds is 4. The van der Waals surface area contributed by atoms with E-state index in [0.717, 1.165) is 36.0 Å². The number of hydrogen-bond acceptors (Lipinski definition) is 5. The number of aliphatic hydroxyl groups is 1. The number of benzene rings is 1. The Morgan fingerprint density at radius 2 is 1.60 bits per heavy atom. The molecule has 1 aromatic carbocycles. The number of allylic oxidation sites excluding steroid dienone is 4. The molecule has 0 radical (unpaired) electrons. The average molecular weight is 687 g/mol. The van der Waals surface area contributed by atoms with Gasteiger partial charge in [-0.15, -0.1) is 0 Å². The van der Waals surface area contributed by atoms with Crippen LogP contribution in [0.4, 0.5) is 13.2 Å². The van der Waals surface area contributed by atoms with E-state index in [9.17, 15) is 31.5 Å². The Morgan fingerprint density at radius 3 is 2.14 bits per heavy atom. The lowest BCUT2D eigenvalue weighted by Gasteiger charge is -2.55. The van der Waals surface area contributed by atoms with Gasteiger partial charge in [0.05, 0.1) is 5.60 Å². The molecule has 1 aromatic rings. The van der Waals surface area contributed by atoms with Gasteiger partial charge in [-0.3, -0.25) is 4.79 Å². The third kappa shape index (κ3) is 7.08. The third-order valence-electron chi connectivity index (χ3n) is 9.36. The Hall–Kier alpha value is -1.34. The number of carbonyl (C=O) groups is 1. The second kappa shape index (κ2) is 14.8. The number of carbonyl (C=O) groups excluding carboxylic acids is 1. The summed E-state index contributed by atoms with van der Waals surface area (Å²) in [5.74, 6) is 0.0166. The molecule has 248 valence electrons. The van der Waals surface area contributed by atoms with Gasteiger partial charge in [0.2, 0.25) is 0 Å². The van der Waals surface area contributed by atoms with E-state index in [-0.39, 0.29) is 86.3 Å². The summed E-state index contributed by atoms with van der Waals surface area (Å²) in [4.78, 5) is 12.2. The Bertz CT molecular complexity index is 1340. The molecule has 0 spiro atoms. The van der Waals surface area contributed by atoms with Gasteiger partial charge in [0.15, 0.2) is 5.78 Å². The third-order valence-corrected chi connectivity index (χ3v) is 10.3.